The quantitative estimate of drug-likeness (QED) is 0.0563. The van der Waals surface area contributed by atoms with Crippen LogP contribution >= 0.6 is 0 Å². The molecule has 0 aromatic carbocycles. The van der Waals surface area contributed by atoms with Gasteiger partial charge >= 0.3 is 0 Å². The number of amides is 1. The number of carbonyl (C=O) groups excluding carboxylic acids is 1. The van der Waals surface area contributed by atoms with Crippen LogP contribution < -0.4 is 5.32 Å². The summed E-state index contributed by atoms with van der Waals surface area (Å²) < 4.78 is 0. The van der Waals surface area contributed by atoms with E-state index in [9.17, 15) is 15.0 Å². The maximum Gasteiger partial charge on any atom is 0.220 e. The zero-order chi connectivity index (χ0) is 35.0. The van der Waals surface area contributed by atoms with Crippen LogP contribution in [0.2, 0.25) is 0 Å². The summed E-state index contributed by atoms with van der Waals surface area (Å²) in [5.74, 6) is -0.0329. The van der Waals surface area contributed by atoms with Crippen molar-refractivity contribution >= 4 is 5.91 Å². The van der Waals surface area contributed by atoms with Crippen molar-refractivity contribution in [3.8, 4) is 0 Å². The molecule has 1 amide bonds. The molecule has 4 heteroatoms. The van der Waals surface area contributed by atoms with E-state index in [4.69, 9.17) is 0 Å². The van der Waals surface area contributed by atoms with Gasteiger partial charge in [0, 0.05) is 6.42 Å². The van der Waals surface area contributed by atoms with E-state index in [2.05, 4.69) is 19.2 Å². The number of aliphatic hydroxyl groups excluding tert-OH is 2. The van der Waals surface area contributed by atoms with Crippen LogP contribution in [0.15, 0.2) is 0 Å². The zero-order valence-electron chi connectivity index (χ0n) is 33.0. The second kappa shape index (κ2) is 40.8. The van der Waals surface area contributed by atoms with Crippen LogP contribution in [0.3, 0.4) is 0 Å². The number of hydrogen-bond donors (Lipinski definition) is 3. The van der Waals surface area contributed by atoms with E-state index in [0.29, 0.717) is 12.8 Å². The zero-order valence-corrected chi connectivity index (χ0v) is 33.0. The molecule has 2 atom stereocenters. The molecule has 0 aromatic heterocycles. The summed E-state index contributed by atoms with van der Waals surface area (Å²) in [6, 6.07) is -0.527. The third-order valence-electron chi connectivity index (χ3n) is 10.6. The highest BCUT2D eigenvalue weighted by molar-refractivity contribution is 5.76. The SMILES string of the molecule is CCCCCCCCCCCCCCCCCCCCCCCCCCCCCCC(O)C(CO)NC(=O)CCCCCCCCCC. The molecule has 3 N–H and O–H groups in total. The Labute approximate surface area is 302 Å². The molecule has 0 aliphatic carbocycles. The van der Waals surface area contributed by atoms with Crippen LogP contribution in [0.1, 0.15) is 258 Å². The monoisotopic (exact) mass is 680 g/mol. The summed E-state index contributed by atoms with van der Waals surface area (Å²) in [5.41, 5.74) is 0. The van der Waals surface area contributed by atoms with Crippen molar-refractivity contribution in [2.45, 2.75) is 270 Å². The summed E-state index contributed by atoms with van der Waals surface area (Å²) in [4.78, 5) is 12.3. The minimum Gasteiger partial charge on any atom is -0.394 e. The molecule has 0 bridgehead atoms. The highest BCUT2D eigenvalue weighted by Crippen LogP contribution is 2.17. The van der Waals surface area contributed by atoms with Gasteiger partial charge in [0.2, 0.25) is 5.91 Å². The molecule has 0 heterocycles. The van der Waals surface area contributed by atoms with Crippen molar-refractivity contribution in [2.24, 2.45) is 0 Å². The van der Waals surface area contributed by atoms with E-state index in [1.807, 2.05) is 0 Å². The average molecular weight is 680 g/mol. The minimum atomic E-state index is -0.651. The van der Waals surface area contributed by atoms with Gasteiger partial charge in [0.15, 0.2) is 0 Å². The average Bonchev–Trinajstić information content (AvgIpc) is 3.09. The predicted octanol–water partition coefficient (Wildman–Crippen LogP) is 13.7. The lowest BCUT2D eigenvalue weighted by atomic mass is 10.0. The number of aliphatic hydroxyl groups is 2. The lowest BCUT2D eigenvalue weighted by Gasteiger charge is -2.22. The van der Waals surface area contributed by atoms with Crippen LogP contribution in [0, 0.1) is 0 Å². The van der Waals surface area contributed by atoms with Crippen molar-refractivity contribution in [2.75, 3.05) is 6.61 Å². The number of rotatable bonds is 41. The van der Waals surface area contributed by atoms with Crippen molar-refractivity contribution in [3.05, 3.63) is 0 Å². The molecule has 0 saturated heterocycles. The Hall–Kier alpha value is -0.610. The molecule has 0 aliphatic rings. The van der Waals surface area contributed by atoms with Crippen molar-refractivity contribution < 1.29 is 15.0 Å². The van der Waals surface area contributed by atoms with Crippen LogP contribution in [0.5, 0.6) is 0 Å². The predicted molar refractivity (Wildman–Crippen MR) is 212 cm³/mol. The third kappa shape index (κ3) is 36.7. The Kier molecular flexibility index (Phi) is 40.3. The lowest BCUT2D eigenvalue weighted by Crippen LogP contribution is -2.45. The molecule has 0 spiro atoms. The van der Waals surface area contributed by atoms with E-state index in [0.717, 1.165) is 25.7 Å². The maximum absolute atomic E-state index is 12.3. The van der Waals surface area contributed by atoms with Gasteiger partial charge in [-0.05, 0) is 12.8 Å². The smallest absolute Gasteiger partial charge is 0.220 e. The van der Waals surface area contributed by atoms with Gasteiger partial charge in [-0.2, -0.15) is 0 Å². The molecule has 2 unspecified atom stereocenters. The van der Waals surface area contributed by atoms with Gasteiger partial charge in [0.05, 0.1) is 18.8 Å². The Morgan fingerprint density at radius 1 is 0.417 bits per heavy atom. The fourth-order valence-corrected chi connectivity index (χ4v) is 7.19. The first-order valence-corrected chi connectivity index (χ1v) is 22.2. The van der Waals surface area contributed by atoms with Gasteiger partial charge in [-0.25, -0.2) is 0 Å². The first-order chi connectivity index (χ1) is 23.7. The van der Waals surface area contributed by atoms with Crippen molar-refractivity contribution in [1.29, 1.82) is 0 Å². The highest BCUT2D eigenvalue weighted by Gasteiger charge is 2.20. The van der Waals surface area contributed by atoms with E-state index < -0.39 is 12.1 Å². The van der Waals surface area contributed by atoms with Gasteiger partial charge in [-0.3, -0.25) is 4.79 Å². The van der Waals surface area contributed by atoms with Crippen LogP contribution in [0.25, 0.3) is 0 Å². The number of carbonyl (C=O) groups is 1. The third-order valence-corrected chi connectivity index (χ3v) is 10.6. The molecule has 0 aromatic rings. The van der Waals surface area contributed by atoms with Gasteiger partial charge in [-0.1, -0.05) is 239 Å². The standard InChI is InChI=1S/C44H89NO3/c1-3-5-7-9-11-13-14-15-16-17-18-19-20-21-22-23-24-25-26-27-28-29-30-31-32-33-35-37-39-43(47)42(41-46)45-44(48)40-38-36-34-12-10-8-6-4-2/h42-43,46-47H,3-41H2,1-2H3,(H,45,48). The molecule has 4 nitrogen and oxygen atoms in total. The summed E-state index contributed by atoms with van der Waals surface area (Å²) in [7, 11) is 0. The molecular weight excluding hydrogens is 590 g/mol. The fourth-order valence-electron chi connectivity index (χ4n) is 7.19. The molecule has 0 radical (unpaired) electrons. The van der Waals surface area contributed by atoms with Crippen molar-refractivity contribution in [3.63, 3.8) is 0 Å². The first-order valence-electron chi connectivity index (χ1n) is 22.2. The van der Waals surface area contributed by atoms with E-state index >= 15 is 0 Å². The normalized spacial score (nSPS) is 12.8. The number of nitrogens with one attached hydrogen (secondary N) is 1. The summed E-state index contributed by atoms with van der Waals surface area (Å²) in [6.07, 6.45) is 49.2. The molecule has 0 fully saturated rings. The minimum absolute atomic E-state index is 0.0329. The Morgan fingerprint density at radius 2 is 0.667 bits per heavy atom. The molecule has 288 valence electrons. The Bertz CT molecular complexity index is 612. The molecule has 0 rings (SSSR count). The maximum atomic E-state index is 12.3. The summed E-state index contributed by atoms with van der Waals surface area (Å²) >= 11 is 0. The molecule has 0 aliphatic heterocycles. The lowest BCUT2D eigenvalue weighted by molar-refractivity contribution is -0.123. The van der Waals surface area contributed by atoms with Crippen LogP contribution in [-0.4, -0.2) is 34.9 Å². The van der Waals surface area contributed by atoms with E-state index in [-0.39, 0.29) is 12.5 Å². The highest BCUT2D eigenvalue weighted by atomic mass is 16.3. The van der Waals surface area contributed by atoms with Gasteiger partial charge in [-0.15, -0.1) is 0 Å². The number of hydrogen-bond acceptors (Lipinski definition) is 3. The first kappa shape index (κ1) is 47.4. The topological polar surface area (TPSA) is 69.6 Å². The van der Waals surface area contributed by atoms with Crippen molar-refractivity contribution in [1.82, 2.24) is 5.32 Å². The summed E-state index contributed by atoms with van der Waals surface area (Å²) in [6.45, 7) is 4.35. The van der Waals surface area contributed by atoms with E-state index in [1.54, 1.807) is 0 Å². The van der Waals surface area contributed by atoms with Gasteiger partial charge < -0.3 is 15.5 Å². The fraction of sp³-hybridized carbons (Fsp3) is 0.977. The van der Waals surface area contributed by atoms with Crippen LogP contribution in [0.4, 0.5) is 0 Å². The number of unbranched alkanes of at least 4 members (excludes halogenated alkanes) is 34. The van der Waals surface area contributed by atoms with Crippen LogP contribution in [-0.2, 0) is 4.79 Å². The Morgan fingerprint density at radius 3 is 0.938 bits per heavy atom. The largest absolute Gasteiger partial charge is 0.394 e. The molecular formula is C44H89NO3. The summed E-state index contributed by atoms with van der Waals surface area (Å²) in [5, 5.41) is 23.0. The Balaban J connectivity index is 3.35. The van der Waals surface area contributed by atoms with Gasteiger partial charge in [0.1, 0.15) is 0 Å². The molecule has 0 saturated carbocycles. The molecule has 48 heavy (non-hydrogen) atoms. The van der Waals surface area contributed by atoms with E-state index in [1.165, 1.54) is 205 Å². The van der Waals surface area contributed by atoms with Gasteiger partial charge in [0.25, 0.3) is 0 Å². The second-order valence-electron chi connectivity index (χ2n) is 15.5. The second-order valence-corrected chi connectivity index (χ2v) is 15.5.